The van der Waals surface area contributed by atoms with Crippen molar-refractivity contribution in [3.05, 3.63) is 47.1 Å². The lowest BCUT2D eigenvalue weighted by Crippen LogP contribution is -2.42. The van der Waals surface area contributed by atoms with Crippen molar-refractivity contribution in [2.24, 2.45) is 5.92 Å². The van der Waals surface area contributed by atoms with Crippen molar-refractivity contribution in [3.8, 4) is 0 Å². The van der Waals surface area contributed by atoms with Gasteiger partial charge in [-0.15, -0.1) is 0 Å². The third-order valence-corrected chi connectivity index (χ3v) is 6.59. The predicted octanol–water partition coefficient (Wildman–Crippen LogP) is 5.79. The quantitative estimate of drug-likeness (QED) is 0.433. The summed E-state index contributed by atoms with van der Waals surface area (Å²) in [6, 6.07) is 10.4. The number of nitrogens with one attached hydrogen (secondary N) is 2. The third kappa shape index (κ3) is 6.55. The minimum Gasteiger partial charge on any atom is -0.381 e. The molecule has 0 unspecified atom stereocenters. The van der Waals surface area contributed by atoms with Gasteiger partial charge in [-0.1, -0.05) is 43.5 Å². The van der Waals surface area contributed by atoms with Crippen molar-refractivity contribution in [2.45, 2.75) is 52.0 Å². The molecule has 1 saturated heterocycles. The average Bonchev–Trinajstić information content (AvgIpc) is 2.79. The maximum Gasteiger partial charge on any atom is 0.239 e. The Morgan fingerprint density at radius 1 is 1.27 bits per heavy atom. The standard InChI is InChI=1S/C25H35ClN4O2S/c1-17(2)16-30(20-10-12-32-13-11-20)22-8-6-18(25(3,4)24(31)29-33-5)14-21(22)28-23-9-7-19(26)15-27-23/h6-9,14-15,17,20H,10-13,16H2,1-5H3,(H,27,28)(H,29,31). The highest BCUT2D eigenvalue weighted by atomic mass is 35.5. The summed E-state index contributed by atoms with van der Waals surface area (Å²) < 4.78 is 8.51. The van der Waals surface area contributed by atoms with Crippen molar-refractivity contribution in [1.82, 2.24) is 9.71 Å². The Kier molecular flexibility index (Phi) is 8.90. The second-order valence-electron chi connectivity index (χ2n) is 9.37. The number of halogens is 1. The van der Waals surface area contributed by atoms with Gasteiger partial charge in [0.1, 0.15) is 5.82 Å². The molecular weight excluding hydrogens is 456 g/mol. The number of pyridine rings is 1. The van der Waals surface area contributed by atoms with Gasteiger partial charge in [-0.2, -0.15) is 0 Å². The Bertz CT molecular complexity index is 931. The molecule has 0 spiro atoms. The molecule has 8 heteroatoms. The van der Waals surface area contributed by atoms with E-state index in [-0.39, 0.29) is 5.91 Å². The van der Waals surface area contributed by atoms with Gasteiger partial charge in [0.05, 0.1) is 21.8 Å². The lowest BCUT2D eigenvalue weighted by Gasteiger charge is -2.39. The van der Waals surface area contributed by atoms with Gasteiger partial charge in [0.2, 0.25) is 5.91 Å². The fourth-order valence-electron chi connectivity index (χ4n) is 4.05. The molecule has 2 aromatic rings. The molecule has 3 rings (SSSR count). The number of aromatic nitrogens is 1. The zero-order valence-electron chi connectivity index (χ0n) is 20.2. The number of ether oxygens (including phenoxy) is 1. The highest BCUT2D eigenvalue weighted by Crippen LogP contribution is 2.37. The van der Waals surface area contributed by atoms with Gasteiger partial charge in [-0.25, -0.2) is 4.98 Å². The molecule has 0 radical (unpaired) electrons. The molecule has 2 heterocycles. The van der Waals surface area contributed by atoms with Crippen LogP contribution in [-0.2, 0) is 14.9 Å². The van der Waals surface area contributed by atoms with Gasteiger partial charge in [-0.05, 0) is 62.4 Å². The Morgan fingerprint density at radius 2 is 2.00 bits per heavy atom. The summed E-state index contributed by atoms with van der Waals surface area (Å²) in [5.41, 5.74) is 2.29. The third-order valence-electron chi connectivity index (χ3n) is 5.97. The molecule has 33 heavy (non-hydrogen) atoms. The summed E-state index contributed by atoms with van der Waals surface area (Å²) in [4.78, 5) is 19.7. The van der Waals surface area contributed by atoms with E-state index in [0.29, 0.717) is 22.8 Å². The van der Waals surface area contributed by atoms with Crippen LogP contribution in [0.4, 0.5) is 17.2 Å². The molecule has 0 aliphatic carbocycles. The largest absolute Gasteiger partial charge is 0.381 e. The van der Waals surface area contributed by atoms with Crippen LogP contribution in [-0.4, -0.2) is 42.9 Å². The summed E-state index contributed by atoms with van der Waals surface area (Å²) in [5.74, 6) is 1.18. The maximum absolute atomic E-state index is 12.8. The van der Waals surface area contributed by atoms with Gasteiger partial charge < -0.3 is 15.0 Å². The summed E-state index contributed by atoms with van der Waals surface area (Å²) in [6.45, 7) is 10.9. The summed E-state index contributed by atoms with van der Waals surface area (Å²) in [6.07, 6.45) is 5.48. The van der Waals surface area contributed by atoms with Crippen LogP contribution in [0.25, 0.3) is 0 Å². The fourth-order valence-corrected chi connectivity index (χ4v) is 4.60. The second-order valence-corrected chi connectivity index (χ2v) is 10.4. The van der Waals surface area contributed by atoms with Crippen LogP contribution in [0.2, 0.25) is 5.02 Å². The van der Waals surface area contributed by atoms with Crippen LogP contribution >= 0.6 is 23.5 Å². The molecule has 180 valence electrons. The first kappa shape index (κ1) is 25.7. The van der Waals surface area contributed by atoms with E-state index in [4.69, 9.17) is 16.3 Å². The lowest BCUT2D eigenvalue weighted by molar-refractivity contribution is -0.123. The molecule has 1 fully saturated rings. The zero-order chi connectivity index (χ0) is 24.0. The average molecular weight is 491 g/mol. The molecule has 1 aromatic heterocycles. The predicted molar refractivity (Wildman–Crippen MR) is 140 cm³/mol. The number of amides is 1. The van der Waals surface area contributed by atoms with Gasteiger partial charge in [-0.3, -0.25) is 9.52 Å². The summed E-state index contributed by atoms with van der Waals surface area (Å²) >= 11 is 7.36. The Balaban J connectivity index is 2.06. The number of hydrogen-bond donors (Lipinski definition) is 2. The smallest absolute Gasteiger partial charge is 0.239 e. The van der Waals surface area contributed by atoms with E-state index < -0.39 is 5.41 Å². The topological polar surface area (TPSA) is 66.5 Å². The van der Waals surface area contributed by atoms with Crippen molar-refractivity contribution < 1.29 is 9.53 Å². The Labute approximate surface area is 207 Å². The van der Waals surface area contributed by atoms with E-state index in [1.807, 2.05) is 32.2 Å². The number of nitrogens with zero attached hydrogens (tertiary/aromatic N) is 2. The lowest BCUT2D eigenvalue weighted by atomic mass is 9.83. The van der Waals surface area contributed by atoms with Gasteiger partial charge in [0.25, 0.3) is 0 Å². The Morgan fingerprint density at radius 3 is 2.61 bits per heavy atom. The van der Waals surface area contributed by atoms with E-state index in [9.17, 15) is 4.79 Å². The van der Waals surface area contributed by atoms with Crippen LogP contribution in [0, 0.1) is 5.92 Å². The summed E-state index contributed by atoms with van der Waals surface area (Å²) in [7, 11) is 0. The SMILES string of the molecule is CSNC(=O)C(C)(C)c1ccc(N(CC(C)C)C2CCOCC2)c(Nc2ccc(Cl)cn2)c1. The first-order valence-electron chi connectivity index (χ1n) is 11.4. The normalized spacial score (nSPS) is 14.9. The van der Waals surface area contributed by atoms with Gasteiger partial charge >= 0.3 is 0 Å². The van der Waals surface area contributed by atoms with E-state index in [1.165, 1.54) is 11.9 Å². The minimum atomic E-state index is -0.688. The molecule has 1 aromatic carbocycles. The monoisotopic (exact) mass is 490 g/mol. The first-order valence-corrected chi connectivity index (χ1v) is 13.0. The van der Waals surface area contributed by atoms with Crippen molar-refractivity contribution in [1.29, 1.82) is 0 Å². The number of rotatable bonds is 9. The number of carbonyl (C=O) groups excluding carboxylic acids is 1. The van der Waals surface area contributed by atoms with Crippen LogP contribution in [0.5, 0.6) is 0 Å². The van der Waals surface area contributed by atoms with Crippen LogP contribution in [0.15, 0.2) is 36.5 Å². The highest BCUT2D eigenvalue weighted by Gasteiger charge is 2.31. The van der Waals surface area contributed by atoms with E-state index in [2.05, 4.69) is 52.0 Å². The number of carbonyl (C=O) groups is 1. The number of hydrogen-bond acceptors (Lipinski definition) is 6. The molecule has 0 bridgehead atoms. The van der Waals surface area contributed by atoms with E-state index >= 15 is 0 Å². The zero-order valence-corrected chi connectivity index (χ0v) is 21.7. The van der Waals surface area contributed by atoms with E-state index in [0.717, 1.165) is 49.5 Å². The molecule has 0 atom stereocenters. The second kappa shape index (κ2) is 11.4. The highest BCUT2D eigenvalue weighted by molar-refractivity contribution is 7.97. The van der Waals surface area contributed by atoms with Crippen LogP contribution < -0.4 is 14.9 Å². The van der Waals surface area contributed by atoms with Crippen LogP contribution in [0.3, 0.4) is 0 Å². The van der Waals surface area contributed by atoms with Crippen LogP contribution in [0.1, 0.15) is 46.1 Å². The minimum absolute atomic E-state index is 0.0261. The molecule has 0 saturated carbocycles. The fraction of sp³-hybridized carbons (Fsp3) is 0.520. The summed E-state index contributed by atoms with van der Waals surface area (Å²) in [5, 5.41) is 4.09. The molecule has 1 amide bonds. The van der Waals surface area contributed by atoms with Gasteiger partial charge in [0, 0.05) is 38.3 Å². The molecule has 2 N–H and O–H groups in total. The van der Waals surface area contributed by atoms with Crippen molar-refractivity contribution in [3.63, 3.8) is 0 Å². The molecule has 6 nitrogen and oxygen atoms in total. The maximum atomic E-state index is 12.8. The number of anilines is 3. The molecular formula is C25H35ClN4O2S. The number of benzene rings is 1. The van der Waals surface area contributed by atoms with E-state index in [1.54, 1.807) is 6.20 Å². The van der Waals surface area contributed by atoms with Crippen molar-refractivity contribution >= 4 is 46.6 Å². The van der Waals surface area contributed by atoms with Crippen molar-refractivity contribution in [2.75, 3.05) is 36.2 Å². The Hall–Kier alpha value is -1.96. The molecule has 1 aliphatic rings. The first-order chi connectivity index (χ1) is 15.7. The van der Waals surface area contributed by atoms with Gasteiger partial charge in [0.15, 0.2) is 0 Å². The molecule has 1 aliphatic heterocycles.